The molecule has 0 aromatic heterocycles. The van der Waals surface area contributed by atoms with Crippen molar-refractivity contribution in [3.63, 3.8) is 0 Å². The van der Waals surface area contributed by atoms with E-state index in [4.69, 9.17) is 27.9 Å². The van der Waals surface area contributed by atoms with Crippen molar-refractivity contribution in [2.45, 2.75) is 4.90 Å². The third-order valence-electron chi connectivity index (χ3n) is 4.54. The van der Waals surface area contributed by atoms with E-state index in [0.29, 0.717) is 11.6 Å². The zero-order valence-electron chi connectivity index (χ0n) is 15.6. The highest BCUT2D eigenvalue weighted by atomic mass is 35.5. The zero-order chi connectivity index (χ0) is 20.9. The molecular formula is C19H22Cl2N3O4S+. The van der Waals surface area contributed by atoms with Crippen molar-refractivity contribution in [1.29, 1.82) is 0 Å². The van der Waals surface area contributed by atoms with Crippen molar-refractivity contribution in [3.05, 3.63) is 58.1 Å². The third kappa shape index (κ3) is 6.07. The van der Waals surface area contributed by atoms with Gasteiger partial charge in [-0.1, -0.05) is 29.3 Å². The van der Waals surface area contributed by atoms with E-state index in [0.717, 1.165) is 32.8 Å². The Balaban J connectivity index is 1.65. The van der Waals surface area contributed by atoms with E-state index < -0.39 is 10.0 Å². The lowest BCUT2D eigenvalue weighted by Gasteiger charge is -2.23. The van der Waals surface area contributed by atoms with Crippen LogP contribution in [0, 0.1) is 0 Å². The molecule has 0 aliphatic carbocycles. The number of quaternary nitrogens is 1. The van der Waals surface area contributed by atoms with Crippen molar-refractivity contribution in [1.82, 2.24) is 5.32 Å². The van der Waals surface area contributed by atoms with Gasteiger partial charge in [0.1, 0.15) is 13.1 Å². The monoisotopic (exact) mass is 458 g/mol. The quantitative estimate of drug-likeness (QED) is 0.585. The fraction of sp³-hybridized carbons (Fsp3) is 0.316. The Kier molecular flexibility index (Phi) is 7.37. The van der Waals surface area contributed by atoms with Crippen molar-refractivity contribution in [2.24, 2.45) is 0 Å². The van der Waals surface area contributed by atoms with Gasteiger partial charge in [0.05, 0.1) is 41.9 Å². The van der Waals surface area contributed by atoms with Crippen molar-refractivity contribution in [2.75, 3.05) is 44.1 Å². The molecule has 0 unspecified atom stereocenters. The number of halogens is 2. The van der Waals surface area contributed by atoms with Gasteiger partial charge in [-0.3, -0.25) is 9.52 Å². The average Bonchev–Trinajstić information content (AvgIpc) is 2.71. The third-order valence-corrected chi connectivity index (χ3v) is 6.47. The van der Waals surface area contributed by atoms with Crippen molar-refractivity contribution < 1.29 is 22.8 Å². The summed E-state index contributed by atoms with van der Waals surface area (Å²) in [5.41, 5.74) is 0.435. The van der Waals surface area contributed by atoms with E-state index in [2.05, 4.69) is 10.0 Å². The van der Waals surface area contributed by atoms with Crippen LogP contribution in [-0.2, 0) is 14.8 Å². The molecule has 2 aromatic carbocycles. The van der Waals surface area contributed by atoms with E-state index in [1.807, 2.05) is 0 Å². The Bertz CT molecular complexity index is 979. The number of morpholine rings is 1. The standard InChI is InChI=1S/C19H21Cl2N3O4S/c20-15-4-5-17(21)18(13-15)23-29(26,27)16-3-1-2-14(12-16)19(25)22-6-7-24-8-10-28-11-9-24/h1-5,12-13,23H,6-11H2,(H,22,25)/p+1. The Morgan fingerprint density at radius 1 is 1.10 bits per heavy atom. The van der Waals surface area contributed by atoms with E-state index >= 15 is 0 Å². The van der Waals surface area contributed by atoms with Crippen LogP contribution in [0.15, 0.2) is 47.4 Å². The number of carbonyl (C=O) groups is 1. The molecule has 0 bridgehead atoms. The van der Waals surface area contributed by atoms with Gasteiger partial charge in [0.15, 0.2) is 0 Å². The molecule has 1 aliphatic heterocycles. The normalized spacial score (nSPS) is 15.1. The number of benzene rings is 2. The Morgan fingerprint density at radius 2 is 1.86 bits per heavy atom. The maximum absolute atomic E-state index is 12.7. The Labute approximate surface area is 180 Å². The predicted octanol–water partition coefficient (Wildman–Crippen LogP) is 1.44. The molecule has 2 aromatic rings. The maximum Gasteiger partial charge on any atom is 0.261 e. The minimum absolute atomic E-state index is 0.0417. The first-order valence-corrected chi connectivity index (χ1v) is 11.4. The summed E-state index contributed by atoms with van der Waals surface area (Å²) >= 11 is 11.9. The number of anilines is 1. The fourth-order valence-electron chi connectivity index (χ4n) is 2.95. The van der Waals surface area contributed by atoms with Gasteiger partial charge in [-0.2, -0.15) is 0 Å². The molecule has 1 saturated heterocycles. The van der Waals surface area contributed by atoms with Crippen LogP contribution in [0.5, 0.6) is 0 Å². The van der Waals surface area contributed by atoms with Crippen LogP contribution in [-0.4, -0.2) is 53.7 Å². The number of hydrogen-bond donors (Lipinski definition) is 3. The van der Waals surface area contributed by atoms with Gasteiger partial charge in [0.25, 0.3) is 15.9 Å². The second-order valence-corrected chi connectivity index (χ2v) is 9.15. The number of nitrogens with one attached hydrogen (secondary N) is 3. The van der Waals surface area contributed by atoms with Crippen LogP contribution >= 0.6 is 23.2 Å². The fourth-order valence-corrected chi connectivity index (χ4v) is 4.46. The molecule has 3 N–H and O–H groups in total. The lowest BCUT2D eigenvalue weighted by atomic mass is 10.2. The second kappa shape index (κ2) is 9.77. The number of rotatable bonds is 7. The molecule has 0 spiro atoms. The SMILES string of the molecule is O=C(NCC[NH+]1CCOCC1)c1cccc(S(=O)(=O)Nc2cc(Cl)ccc2Cl)c1. The van der Waals surface area contributed by atoms with Gasteiger partial charge in [0, 0.05) is 10.6 Å². The molecule has 7 nitrogen and oxygen atoms in total. The van der Waals surface area contributed by atoms with Crippen LogP contribution in [0.25, 0.3) is 0 Å². The van der Waals surface area contributed by atoms with Crippen molar-refractivity contribution in [3.8, 4) is 0 Å². The van der Waals surface area contributed by atoms with Crippen LogP contribution < -0.4 is 14.9 Å². The maximum atomic E-state index is 12.7. The largest absolute Gasteiger partial charge is 0.370 e. The number of sulfonamides is 1. The minimum Gasteiger partial charge on any atom is -0.370 e. The second-order valence-electron chi connectivity index (χ2n) is 6.63. The first kappa shape index (κ1) is 21.9. The summed E-state index contributed by atoms with van der Waals surface area (Å²) in [6.45, 7) is 4.59. The predicted molar refractivity (Wildman–Crippen MR) is 112 cm³/mol. The summed E-state index contributed by atoms with van der Waals surface area (Å²) in [6, 6.07) is 10.3. The molecule has 10 heteroatoms. The summed E-state index contributed by atoms with van der Waals surface area (Å²) in [4.78, 5) is 13.8. The molecular weight excluding hydrogens is 437 g/mol. The number of carbonyl (C=O) groups excluding carboxylic acids is 1. The van der Waals surface area contributed by atoms with Gasteiger partial charge in [-0.15, -0.1) is 0 Å². The summed E-state index contributed by atoms with van der Waals surface area (Å²) in [5, 5.41) is 3.41. The van der Waals surface area contributed by atoms with Crippen molar-refractivity contribution >= 4 is 44.8 Å². The van der Waals surface area contributed by atoms with E-state index in [-0.39, 0.29) is 27.1 Å². The highest BCUT2D eigenvalue weighted by Gasteiger charge is 2.19. The molecule has 3 rings (SSSR count). The van der Waals surface area contributed by atoms with E-state index in [1.165, 1.54) is 35.2 Å². The number of hydrogen-bond acceptors (Lipinski definition) is 4. The molecule has 156 valence electrons. The molecule has 0 atom stereocenters. The Morgan fingerprint density at radius 3 is 2.62 bits per heavy atom. The highest BCUT2D eigenvalue weighted by molar-refractivity contribution is 7.92. The van der Waals surface area contributed by atoms with Gasteiger partial charge in [0.2, 0.25) is 0 Å². The summed E-state index contributed by atoms with van der Waals surface area (Å²) in [6.07, 6.45) is 0. The Hall–Kier alpha value is -1.84. The van der Waals surface area contributed by atoms with Gasteiger partial charge in [-0.25, -0.2) is 8.42 Å². The molecule has 0 saturated carbocycles. The van der Waals surface area contributed by atoms with Gasteiger partial charge < -0.3 is 15.0 Å². The smallest absolute Gasteiger partial charge is 0.261 e. The average molecular weight is 459 g/mol. The first-order valence-electron chi connectivity index (χ1n) is 9.12. The molecule has 1 amide bonds. The summed E-state index contributed by atoms with van der Waals surface area (Å²) < 4.78 is 33.1. The van der Waals surface area contributed by atoms with Crippen LogP contribution in [0.3, 0.4) is 0 Å². The summed E-state index contributed by atoms with van der Waals surface area (Å²) in [5.74, 6) is -0.324. The highest BCUT2D eigenvalue weighted by Crippen LogP contribution is 2.27. The molecule has 1 aliphatic rings. The lowest BCUT2D eigenvalue weighted by molar-refractivity contribution is -0.906. The zero-order valence-corrected chi connectivity index (χ0v) is 17.9. The molecule has 0 radical (unpaired) electrons. The van der Waals surface area contributed by atoms with Gasteiger partial charge >= 0.3 is 0 Å². The molecule has 29 heavy (non-hydrogen) atoms. The molecule has 1 fully saturated rings. The number of amides is 1. The lowest BCUT2D eigenvalue weighted by Crippen LogP contribution is -3.14. The van der Waals surface area contributed by atoms with E-state index in [9.17, 15) is 13.2 Å². The number of ether oxygens (including phenoxy) is 1. The minimum atomic E-state index is -3.94. The van der Waals surface area contributed by atoms with Crippen LogP contribution in [0.4, 0.5) is 5.69 Å². The van der Waals surface area contributed by atoms with Crippen LogP contribution in [0.2, 0.25) is 10.0 Å². The first-order chi connectivity index (χ1) is 13.8. The van der Waals surface area contributed by atoms with E-state index in [1.54, 1.807) is 12.1 Å². The topological polar surface area (TPSA) is 88.9 Å². The summed E-state index contributed by atoms with van der Waals surface area (Å²) in [7, 11) is -3.94. The van der Waals surface area contributed by atoms with Gasteiger partial charge in [-0.05, 0) is 36.4 Å². The molecule has 1 heterocycles. The van der Waals surface area contributed by atoms with Crippen LogP contribution in [0.1, 0.15) is 10.4 Å².